The molecule has 2 nitrogen and oxygen atoms in total. The van der Waals surface area contributed by atoms with Gasteiger partial charge in [0.15, 0.2) is 0 Å². The van der Waals surface area contributed by atoms with Gasteiger partial charge in [0.25, 0.3) is 0 Å². The molecular formula is C13H17FN2. The van der Waals surface area contributed by atoms with Crippen molar-refractivity contribution in [2.24, 2.45) is 23.6 Å². The average molecular weight is 220 g/mol. The number of hydrazine groups is 1. The molecule has 2 fully saturated rings. The van der Waals surface area contributed by atoms with Crippen molar-refractivity contribution in [1.29, 1.82) is 0 Å². The average Bonchev–Trinajstić information content (AvgIpc) is 2.90. The molecule has 0 aromatic heterocycles. The Kier molecular flexibility index (Phi) is 2.45. The van der Waals surface area contributed by atoms with Crippen molar-refractivity contribution < 1.29 is 4.39 Å². The van der Waals surface area contributed by atoms with Gasteiger partial charge in [-0.15, -0.1) is 0 Å². The van der Waals surface area contributed by atoms with Crippen molar-refractivity contribution in [3.8, 4) is 0 Å². The van der Waals surface area contributed by atoms with Gasteiger partial charge in [-0.2, -0.15) is 0 Å². The van der Waals surface area contributed by atoms with Crippen LogP contribution in [0.3, 0.4) is 0 Å². The van der Waals surface area contributed by atoms with E-state index in [1.807, 2.05) is 12.1 Å². The van der Waals surface area contributed by atoms with Gasteiger partial charge in [-0.25, -0.2) is 4.39 Å². The predicted molar refractivity (Wildman–Crippen MR) is 60.8 cm³/mol. The summed E-state index contributed by atoms with van der Waals surface area (Å²) >= 11 is 0. The van der Waals surface area contributed by atoms with Gasteiger partial charge in [-0.1, -0.05) is 18.2 Å². The first-order valence-electron chi connectivity index (χ1n) is 6.00. The number of nitrogens with one attached hydrogen (secondary N) is 1. The van der Waals surface area contributed by atoms with Gasteiger partial charge in [0.05, 0.1) is 6.04 Å². The van der Waals surface area contributed by atoms with Gasteiger partial charge in [0.1, 0.15) is 5.82 Å². The highest BCUT2D eigenvalue weighted by Gasteiger charge is 2.48. The van der Waals surface area contributed by atoms with Gasteiger partial charge < -0.3 is 0 Å². The molecule has 0 bridgehead atoms. The number of hydrogen-bond acceptors (Lipinski definition) is 2. The van der Waals surface area contributed by atoms with Crippen LogP contribution in [-0.4, -0.2) is 0 Å². The maximum Gasteiger partial charge on any atom is 0.128 e. The molecule has 0 amide bonds. The van der Waals surface area contributed by atoms with Crippen LogP contribution in [0.5, 0.6) is 0 Å². The van der Waals surface area contributed by atoms with E-state index in [4.69, 9.17) is 5.84 Å². The second-order valence-corrected chi connectivity index (χ2v) is 5.15. The molecule has 2 saturated carbocycles. The zero-order valence-electron chi connectivity index (χ0n) is 9.20. The normalized spacial score (nSPS) is 33.5. The Hall–Kier alpha value is -0.930. The van der Waals surface area contributed by atoms with Crippen LogP contribution in [0.4, 0.5) is 4.39 Å². The zero-order chi connectivity index (χ0) is 11.1. The quantitative estimate of drug-likeness (QED) is 0.606. The van der Waals surface area contributed by atoms with Crippen LogP contribution in [-0.2, 0) is 0 Å². The fourth-order valence-electron chi connectivity index (χ4n) is 3.24. The first-order valence-corrected chi connectivity index (χ1v) is 6.00. The lowest BCUT2D eigenvalue weighted by atomic mass is 9.89. The molecule has 0 aliphatic heterocycles. The lowest BCUT2D eigenvalue weighted by Gasteiger charge is -2.24. The fraction of sp³-hybridized carbons (Fsp3) is 0.538. The monoisotopic (exact) mass is 220 g/mol. The number of fused-ring (bicyclic) bond motifs is 1. The van der Waals surface area contributed by atoms with Crippen molar-refractivity contribution in [3.63, 3.8) is 0 Å². The van der Waals surface area contributed by atoms with Gasteiger partial charge >= 0.3 is 0 Å². The van der Waals surface area contributed by atoms with E-state index in [1.54, 1.807) is 6.07 Å². The molecule has 16 heavy (non-hydrogen) atoms. The minimum atomic E-state index is -0.147. The summed E-state index contributed by atoms with van der Waals surface area (Å²) in [5.74, 6) is 7.75. The SMILES string of the molecule is NNC(c1ccccc1F)C1CC2CC2C1. The molecule has 3 rings (SSSR count). The van der Waals surface area contributed by atoms with E-state index in [0.29, 0.717) is 5.92 Å². The van der Waals surface area contributed by atoms with E-state index in [-0.39, 0.29) is 11.9 Å². The molecule has 3 unspecified atom stereocenters. The van der Waals surface area contributed by atoms with Gasteiger partial charge in [-0.3, -0.25) is 11.3 Å². The second kappa shape index (κ2) is 3.82. The second-order valence-electron chi connectivity index (χ2n) is 5.15. The molecule has 0 heterocycles. The molecule has 3 N–H and O–H groups in total. The maximum atomic E-state index is 13.7. The topological polar surface area (TPSA) is 38.0 Å². The van der Waals surface area contributed by atoms with E-state index in [9.17, 15) is 4.39 Å². The molecule has 3 heteroatoms. The van der Waals surface area contributed by atoms with Crippen LogP contribution in [0.15, 0.2) is 24.3 Å². The number of benzene rings is 1. The summed E-state index contributed by atoms with van der Waals surface area (Å²) in [5.41, 5.74) is 3.52. The van der Waals surface area contributed by atoms with Gasteiger partial charge in [0, 0.05) is 5.56 Å². The lowest BCUT2D eigenvalue weighted by molar-refractivity contribution is 0.337. The summed E-state index contributed by atoms with van der Waals surface area (Å²) in [5, 5.41) is 0. The summed E-state index contributed by atoms with van der Waals surface area (Å²) in [4.78, 5) is 0. The van der Waals surface area contributed by atoms with Crippen molar-refractivity contribution >= 4 is 0 Å². The van der Waals surface area contributed by atoms with E-state index in [1.165, 1.54) is 25.3 Å². The van der Waals surface area contributed by atoms with Crippen molar-refractivity contribution in [3.05, 3.63) is 35.6 Å². The van der Waals surface area contributed by atoms with Crippen LogP contribution < -0.4 is 11.3 Å². The summed E-state index contributed by atoms with van der Waals surface area (Å²) in [6.45, 7) is 0. The third kappa shape index (κ3) is 1.64. The lowest BCUT2D eigenvalue weighted by Crippen LogP contribution is -2.33. The van der Waals surface area contributed by atoms with Crippen LogP contribution in [0.25, 0.3) is 0 Å². The van der Waals surface area contributed by atoms with E-state index < -0.39 is 0 Å². The minimum absolute atomic E-state index is 0.0194. The molecule has 0 radical (unpaired) electrons. The number of rotatable bonds is 3. The van der Waals surface area contributed by atoms with E-state index in [2.05, 4.69) is 5.43 Å². The summed E-state index contributed by atoms with van der Waals surface area (Å²) in [7, 11) is 0. The van der Waals surface area contributed by atoms with Crippen molar-refractivity contribution in [2.45, 2.75) is 25.3 Å². The Morgan fingerprint density at radius 1 is 1.19 bits per heavy atom. The molecule has 0 spiro atoms. The Balaban J connectivity index is 1.82. The highest BCUT2D eigenvalue weighted by molar-refractivity contribution is 5.22. The van der Waals surface area contributed by atoms with Crippen LogP contribution in [0, 0.1) is 23.6 Å². The third-order valence-corrected chi connectivity index (χ3v) is 4.17. The summed E-state index contributed by atoms with van der Waals surface area (Å²) in [6.07, 6.45) is 3.78. The van der Waals surface area contributed by atoms with Gasteiger partial charge in [-0.05, 0) is 43.1 Å². The largest absolute Gasteiger partial charge is 0.271 e. The summed E-state index contributed by atoms with van der Waals surface area (Å²) < 4.78 is 13.7. The highest BCUT2D eigenvalue weighted by atomic mass is 19.1. The first-order chi connectivity index (χ1) is 7.79. The van der Waals surface area contributed by atoms with Crippen molar-refractivity contribution in [1.82, 2.24) is 5.43 Å². The molecule has 1 aromatic carbocycles. The Morgan fingerprint density at radius 3 is 2.50 bits per heavy atom. The molecule has 2 aliphatic rings. The molecule has 3 atom stereocenters. The molecule has 0 saturated heterocycles. The Labute approximate surface area is 95.0 Å². The van der Waals surface area contributed by atoms with E-state index in [0.717, 1.165) is 17.4 Å². The zero-order valence-corrected chi connectivity index (χ0v) is 9.20. The van der Waals surface area contributed by atoms with E-state index >= 15 is 0 Å². The molecule has 1 aromatic rings. The molecule has 2 aliphatic carbocycles. The standard InChI is InChI=1S/C13H17FN2/c14-12-4-2-1-3-11(12)13(16-15)10-6-8-5-9(8)7-10/h1-4,8-10,13,16H,5-7,15H2. The van der Waals surface area contributed by atoms with Gasteiger partial charge in [0.2, 0.25) is 0 Å². The summed E-state index contributed by atoms with van der Waals surface area (Å²) in [6, 6.07) is 6.92. The van der Waals surface area contributed by atoms with Crippen molar-refractivity contribution in [2.75, 3.05) is 0 Å². The number of nitrogens with two attached hydrogens (primary N) is 1. The number of halogens is 1. The van der Waals surface area contributed by atoms with Crippen LogP contribution in [0.1, 0.15) is 30.9 Å². The Morgan fingerprint density at radius 2 is 1.88 bits per heavy atom. The highest BCUT2D eigenvalue weighted by Crippen LogP contribution is 2.57. The fourth-order valence-corrected chi connectivity index (χ4v) is 3.24. The Bertz CT molecular complexity index is 383. The number of hydrogen-bond donors (Lipinski definition) is 2. The predicted octanol–water partition coefficient (Wildman–Crippen LogP) is 2.38. The maximum absolute atomic E-state index is 13.7. The van der Waals surface area contributed by atoms with Crippen LogP contribution in [0.2, 0.25) is 0 Å². The minimum Gasteiger partial charge on any atom is -0.271 e. The third-order valence-electron chi connectivity index (χ3n) is 4.17. The van der Waals surface area contributed by atoms with Crippen LogP contribution >= 0.6 is 0 Å². The molecular weight excluding hydrogens is 203 g/mol. The smallest absolute Gasteiger partial charge is 0.128 e. The molecule has 86 valence electrons. The first kappa shape index (κ1) is 10.2.